The van der Waals surface area contributed by atoms with Crippen molar-refractivity contribution in [2.24, 2.45) is 0 Å². The molecule has 5 heteroatoms. The van der Waals surface area contributed by atoms with Crippen LogP contribution in [-0.2, 0) is 4.79 Å². The van der Waals surface area contributed by atoms with Crippen molar-refractivity contribution in [1.82, 2.24) is 14.8 Å². The number of H-pyrrole nitrogens is 1. The summed E-state index contributed by atoms with van der Waals surface area (Å²) < 4.78 is 6.11. The summed E-state index contributed by atoms with van der Waals surface area (Å²) in [5.41, 5.74) is 3.31. The van der Waals surface area contributed by atoms with Crippen LogP contribution >= 0.6 is 0 Å². The number of amides is 1. The first-order valence-electron chi connectivity index (χ1n) is 12.1. The van der Waals surface area contributed by atoms with Crippen LogP contribution in [0.3, 0.4) is 0 Å². The molecule has 1 N–H and O–H groups in total. The van der Waals surface area contributed by atoms with Gasteiger partial charge in [-0.2, -0.15) is 0 Å². The number of para-hydroxylation sites is 2. The molecule has 174 valence electrons. The van der Waals surface area contributed by atoms with Gasteiger partial charge in [0.25, 0.3) is 0 Å². The highest BCUT2D eigenvalue weighted by molar-refractivity contribution is 5.86. The first-order chi connectivity index (χ1) is 16.7. The molecule has 1 fully saturated rings. The lowest BCUT2D eigenvalue weighted by Crippen LogP contribution is -2.48. The molecular formula is C29H31N3O2. The number of carbonyl (C=O) groups is 1. The van der Waals surface area contributed by atoms with Gasteiger partial charge in [-0.3, -0.25) is 4.79 Å². The number of nitrogens with zero attached hydrogens (tertiary/aromatic N) is 2. The molecule has 1 aromatic heterocycles. The molecule has 0 bridgehead atoms. The van der Waals surface area contributed by atoms with E-state index in [0.717, 1.165) is 66.3 Å². The van der Waals surface area contributed by atoms with Gasteiger partial charge in [-0.25, -0.2) is 0 Å². The van der Waals surface area contributed by atoms with Crippen LogP contribution in [0.15, 0.2) is 85.1 Å². The molecule has 34 heavy (non-hydrogen) atoms. The average Bonchev–Trinajstić information content (AvgIpc) is 3.32. The lowest BCUT2D eigenvalue weighted by atomic mass is 9.87. The molecule has 5 nitrogen and oxygen atoms in total. The molecule has 1 saturated heterocycles. The van der Waals surface area contributed by atoms with E-state index in [-0.39, 0.29) is 11.8 Å². The zero-order valence-electron chi connectivity index (χ0n) is 19.6. The van der Waals surface area contributed by atoms with Crippen molar-refractivity contribution in [2.75, 3.05) is 32.7 Å². The quantitative estimate of drug-likeness (QED) is 0.394. The van der Waals surface area contributed by atoms with Gasteiger partial charge in [-0.15, -0.1) is 0 Å². The van der Waals surface area contributed by atoms with E-state index in [9.17, 15) is 4.79 Å². The molecule has 0 radical (unpaired) electrons. The van der Waals surface area contributed by atoms with Gasteiger partial charge in [-0.05, 0) is 48.0 Å². The van der Waals surface area contributed by atoms with E-state index in [1.165, 1.54) is 0 Å². The largest absolute Gasteiger partial charge is 0.457 e. The maximum Gasteiger partial charge on any atom is 0.223 e. The summed E-state index contributed by atoms with van der Waals surface area (Å²) in [5, 5.41) is 1.16. The number of hydrogen-bond donors (Lipinski definition) is 1. The fourth-order valence-corrected chi connectivity index (χ4v) is 4.83. The summed E-state index contributed by atoms with van der Waals surface area (Å²) >= 11 is 0. The fourth-order valence-electron chi connectivity index (χ4n) is 4.83. The van der Waals surface area contributed by atoms with Gasteiger partial charge in [0, 0.05) is 55.6 Å². The molecule has 1 amide bonds. The van der Waals surface area contributed by atoms with E-state index < -0.39 is 0 Å². The zero-order chi connectivity index (χ0) is 23.3. The third-order valence-electron chi connectivity index (χ3n) is 6.79. The van der Waals surface area contributed by atoms with E-state index in [2.05, 4.69) is 53.3 Å². The molecule has 0 aliphatic carbocycles. The van der Waals surface area contributed by atoms with Gasteiger partial charge in [0.1, 0.15) is 11.5 Å². The van der Waals surface area contributed by atoms with Gasteiger partial charge in [-0.1, -0.05) is 55.5 Å². The van der Waals surface area contributed by atoms with Crippen LogP contribution in [0.25, 0.3) is 10.9 Å². The topological polar surface area (TPSA) is 48.6 Å². The number of hydrogen-bond acceptors (Lipinski definition) is 3. The number of rotatable bonds is 7. The first-order valence-corrected chi connectivity index (χ1v) is 12.1. The zero-order valence-corrected chi connectivity index (χ0v) is 19.6. The summed E-state index contributed by atoms with van der Waals surface area (Å²) in [6.07, 6.45) is 2.49. The Morgan fingerprint density at radius 3 is 2.44 bits per heavy atom. The molecule has 4 aromatic rings. The second kappa shape index (κ2) is 10.1. The van der Waals surface area contributed by atoms with Crippen LogP contribution in [-0.4, -0.2) is 53.4 Å². The summed E-state index contributed by atoms with van der Waals surface area (Å²) in [6, 6.07) is 26.2. The highest BCUT2D eigenvalue weighted by atomic mass is 16.5. The van der Waals surface area contributed by atoms with Gasteiger partial charge < -0.3 is 19.5 Å². The normalized spacial score (nSPS) is 15.4. The van der Waals surface area contributed by atoms with Crippen LogP contribution in [0.1, 0.15) is 30.4 Å². The van der Waals surface area contributed by atoms with Gasteiger partial charge in [0.15, 0.2) is 0 Å². The number of carbonyl (C=O) groups excluding carboxylic acids is 1. The highest BCUT2D eigenvalue weighted by Gasteiger charge is 2.26. The second-order valence-electron chi connectivity index (χ2n) is 8.85. The molecule has 3 aromatic carbocycles. The molecule has 1 unspecified atom stereocenters. The fraction of sp³-hybridized carbons (Fsp3) is 0.276. The molecule has 0 spiro atoms. The Kier molecular flexibility index (Phi) is 6.63. The van der Waals surface area contributed by atoms with E-state index in [1.807, 2.05) is 53.4 Å². The Morgan fingerprint density at radius 1 is 0.912 bits per heavy atom. The standard InChI is InChI=1S/C29H31N3O2/c1-2-31-15-17-32(18-16-31)29(33)20-26(27-21-30-28-14-7-6-13-25(27)28)22-9-8-12-24(19-22)34-23-10-4-3-5-11-23/h3-14,19,21,26,30H,2,15-18,20H2,1H3. The van der Waals surface area contributed by atoms with Gasteiger partial charge in [0.2, 0.25) is 5.91 Å². The summed E-state index contributed by atoms with van der Waals surface area (Å²) in [7, 11) is 0. The first kappa shape index (κ1) is 22.2. The molecule has 1 atom stereocenters. The molecule has 5 rings (SSSR count). The third kappa shape index (κ3) is 4.85. The number of aromatic nitrogens is 1. The van der Waals surface area contributed by atoms with Gasteiger partial charge in [0.05, 0.1) is 0 Å². The Morgan fingerprint density at radius 2 is 1.65 bits per heavy atom. The highest BCUT2D eigenvalue weighted by Crippen LogP contribution is 2.36. The second-order valence-corrected chi connectivity index (χ2v) is 8.85. The van der Waals surface area contributed by atoms with Crippen LogP contribution in [0.2, 0.25) is 0 Å². The van der Waals surface area contributed by atoms with Crippen molar-refractivity contribution in [2.45, 2.75) is 19.3 Å². The Bertz CT molecular complexity index is 1240. The number of aromatic amines is 1. The predicted molar refractivity (Wildman–Crippen MR) is 136 cm³/mol. The Balaban J connectivity index is 1.45. The minimum absolute atomic E-state index is 0.0628. The Labute approximate surface area is 201 Å². The maximum absolute atomic E-state index is 13.5. The smallest absolute Gasteiger partial charge is 0.223 e. The van der Waals surface area contributed by atoms with E-state index in [0.29, 0.717) is 6.42 Å². The van der Waals surface area contributed by atoms with E-state index in [1.54, 1.807) is 0 Å². The monoisotopic (exact) mass is 453 g/mol. The van der Waals surface area contributed by atoms with E-state index in [4.69, 9.17) is 4.74 Å². The lowest BCUT2D eigenvalue weighted by Gasteiger charge is -2.35. The van der Waals surface area contributed by atoms with Crippen molar-refractivity contribution in [1.29, 1.82) is 0 Å². The minimum atomic E-state index is -0.0628. The van der Waals surface area contributed by atoms with Crippen LogP contribution in [0.5, 0.6) is 11.5 Å². The van der Waals surface area contributed by atoms with Crippen LogP contribution in [0.4, 0.5) is 0 Å². The number of ether oxygens (including phenoxy) is 1. The van der Waals surface area contributed by atoms with Crippen LogP contribution < -0.4 is 4.74 Å². The number of nitrogens with one attached hydrogen (secondary N) is 1. The Hall–Kier alpha value is -3.57. The lowest BCUT2D eigenvalue weighted by molar-refractivity contribution is -0.133. The number of fused-ring (bicyclic) bond motifs is 1. The molecular weight excluding hydrogens is 422 g/mol. The van der Waals surface area contributed by atoms with E-state index >= 15 is 0 Å². The number of benzene rings is 3. The number of likely N-dealkylation sites (N-methyl/N-ethyl adjacent to an activating group) is 1. The summed E-state index contributed by atoms with van der Waals surface area (Å²) in [5.74, 6) is 1.72. The molecule has 2 heterocycles. The van der Waals surface area contributed by atoms with Crippen molar-refractivity contribution >= 4 is 16.8 Å². The molecule has 1 aliphatic rings. The SMILES string of the molecule is CCN1CCN(C(=O)CC(c2cccc(Oc3ccccc3)c2)c2c[nH]c3ccccc23)CC1. The van der Waals surface area contributed by atoms with Crippen LogP contribution in [0, 0.1) is 0 Å². The number of piperazine rings is 1. The minimum Gasteiger partial charge on any atom is -0.457 e. The average molecular weight is 454 g/mol. The molecule has 0 saturated carbocycles. The van der Waals surface area contributed by atoms with Gasteiger partial charge >= 0.3 is 0 Å². The van der Waals surface area contributed by atoms with Crippen molar-refractivity contribution in [3.05, 3.63) is 96.2 Å². The van der Waals surface area contributed by atoms with Crippen molar-refractivity contribution < 1.29 is 9.53 Å². The maximum atomic E-state index is 13.5. The molecule has 1 aliphatic heterocycles. The summed E-state index contributed by atoms with van der Waals surface area (Å²) in [4.78, 5) is 21.3. The van der Waals surface area contributed by atoms with Crippen molar-refractivity contribution in [3.8, 4) is 11.5 Å². The van der Waals surface area contributed by atoms with Crippen molar-refractivity contribution in [3.63, 3.8) is 0 Å². The third-order valence-corrected chi connectivity index (χ3v) is 6.79. The summed E-state index contributed by atoms with van der Waals surface area (Å²) in [6.45, 7) is 6.69. The predicted octanol–water partition coefficient (Wildman–Crippen LogP) is 5.65.